The monoisotopic (exact) mass is 247 g/mol. The SMILES string of the molecule is CCC1CCCC(Oc2ccc(C)cc2CN)C1. The maximum absolute atomic E-state index is 6.18. The Morgan fingerprint density at radius 1 is 1.33 bits per heavy atom. The molecule has 2 unspecified atom stereocenters. The lowest BCUT2D eigenvalue weighted by atomic mass is 9.85. The first-order valence-electron chi connectivity index (χ1n) is 7.19. The quantitative estimate of drug-likeness (QED) is 0.878. The summed E-state index contributed by atoms with van der Waals surface area (Å²) in [5.74, 6) is 1.83. The molecular weight excluding hydrogens is 222 g/mol. The summed E-state index contributed by atoms with van der Waals surface area (Å²) in [7, 11) is 0. The van der Waals surface area contributed by atoms with E-state index in [1.807, 2.05) is 0 Å². The molecule has 0 saturated heterocycles. The number of aryl methyl sites for hydroxylation is 1. The predicted octanol–water partition coefficient (Wildman–Crippen LogP) is 3.80. The van der Waals surface area contributed by atoms with Gasteiger partial charge >= 0.3 is 0 Å². The van der Waals surface area contributed by atoms with Gasteiger partial charge in [-0.3, -0.25) is 0 Å². The lowest BCUT2D eigenvalue weighted by Gasteiger charge is -2.29. The summed E-state index contributed by atoms with van der Waals surface area (Å²) in [6.45, 7) is 4.93. The van der Waals surface area contributed by atoms with Crippen LogP contribution in [0.25, 0.3) is 0 Å². The molecule has 2 nitrogen and oxygen atoms in total. The molecule has 2 atom stereocenters. The second-order valence-electron chi connectivity index (χ2n) is 5.50. The highest BCUT2D eigenvalue weighted by molar-refractivity contribution is 5.36. The van der Waals surface area contributed by atoms with Crippen molar-refractivity contribution >= 4 is 0 Å². The van der Waals surface area contributed by atoms with Crippen LogP contribution in [0.3, 0.4) is 0 Å². The molecule has 0 amide bonds. The molecule has 1 aromatic rings. The molecule has 1 fully saturated rings. The standard InChI is InChI=1S/C16H25NO/c1-3-13-5-4-6-15(10-13)18-16-8-7-12(2)9-14(16)11-17/h7-9,13,15H,3-6,10-11,17H2,1-2H3. The van der Waals surface area contributed by atoms with Gasteiger partial charge in [-0.1, -0.05) is 37.5 Å². The van der Waals surface area contributed by atoms with E-state index in [1.165, 1.54) is 37.7 Å². The van der Waals surface area contributed by atoms with E-state index >= 15 is 0 Å². The largest absolute Gasteiger partial charge is 0.490 e. The Morgan fingerprint density at radius 2 is 2.17 bits per heavy atom. The summed E-state index contributed by atoms with van der Waals surface area (Å²) < 4.78 is 6.18. The van der Waals surface area contributed by atoms with Crippen LogP contribution in [0.1, 0.15) is 50.2 Å². The normalized spacial score (nSPS) is 23.9. The minimum atomic E-state index is 0.386. The van der Waals surface area contributed by atoms with Crippen molar-refractivity contribution in [2.45, 2.75) is 58.6 Å². The average molecular weight is 247 g/mol. The molecular formula is C16H25NO. The van der Waals surface area contributed by atoms with Gasteiger partial charge in [-0.05, 0) is 38.2 Å². The molecule has 0 spiro atoms. The third kappa shape index (κ3) is 3.26. The maximum Gasteiger partial charge on any atom is 0.124 e. The van der Waals surface area contributed by atoms with Crippen LogP contribution in [-0.2, 0) is 6.54 Å². The fourth-order valence-electron chi connectivity index (χ4n) is 2.88. The molecule has 0 bridgehead atoms. The molecule has 100 valence electrons. The van der Waals surface area contributed by atoms with E-state index in [1.54, 1.807) is 0 Å². The first kappa shape index (κ1) is 13.4. The Balaban J connectivity index is 2.04. The summed E-state index contributed by atoms with van der Waals surface area (Å²) in [6.07, 6.45) is 6.72. The molecule has 1 aliphatic carbocycles. The van der Waals surface area contributed by atoms with Crippen molar-refractivity contribution in [3.8, 4) is 5.75 Å². The zero-order valence-corrected chi connectivity index (χ0v) is 11.6. The van der Waals surface area contributed by atoms with Crippen LogP contribution >= 0.6 is 0 Å². The van der Waals surface area contributed by atoms with Crippen molar-refractivity contribution in [1.82, 2.24) is 0 Å². The number of ether oxygens (including phenoxy) is 1. The van der Waals surface area contributed by atoms with Crippen molar-refractivity contribution in [2.24, 2.45) is 11.7 Å². The molecule has 1 aromatic carbocycles. The third-order valence-corrected chi connectivity index (χ3v) is 4.04. The van der Waals surface area contributed by atoms with Gasteiger partial charge in [0.25, 0.3) is 0 Å². The van der Waals surface area contributed by atoms with Crippen LogP contribution in [0, 0.1) is 12.8 Å². The Kier molecular flexibility index (Phi) is 4.65. The van der Waals surface area contributed by atoms with Gasteiger partial charge in [-0.25, -0.2) is 0 Å². The lowest BCUT2D eigenvalue weighted by molar-refractivity contribution is 0.121. The van der Waals surface area contributed by atoms with E-state index in [4.69, 9.17) is 10.5 Å². The van der Waals surface area contributed by atoms with E-state index in [0.717, 1.165) is 17.2 Å². The zero-order valence-electron chi connectivity index (χ0n) is 11.6. The molecule has 2 rings (SSSR count). The van der Waals surface area contributed by atoms with Gasteiger partial charge in [0.2, 0.25) is 0 Å². The van der Waals surface area contributed by atoms with Crippen LogP contribution in [0.2, 0.25) is 0 Å². The molecule has 0 aliphatic heterocycles. The van der Waals surface area contributed by atoms with E-state index < -0.39 is 0 Å². The number of hydrogen-bond acceptors (Lipinski definition) is 2. The van der Waals surface area contributed by atoms with Crippen molar-refractivity contribution < 1.29 is 4.74 Å². The maximum atomic E-state index is 6.18. The highest BCUT2D eigenvalue weighted by Gasteiger charge is 2.22. The van der Waals surface area contributed by atoms with Gasteiger partial charge in [0, 0.05) is 12.1 Å². The first-order valence-corrected chi connectivity index (χ1v) is 7.19. The fraction of sp³-hybridized carbons (Fsp3) is 0.625. The van der Waals surface area contributed by atoms with E-state index in [-0.39, 0.29) is 0 Å². The molecule has 1 saturated carbocycles. The van der Waals surface area contributed by atoms with Gasteiger partial charge in [0.05, 0.1) is 6.10 Å². The minimum absolute atomic E-state index is 0.386. The Labute approximate surface area is 111 Å². The number of nitrogens with two attached hydrogens (primary N) is 1. The Bertz CT molecular complexity index is 389. The predicted molar refractivity (Wildman–Crippen MR) is 75.7 cm³/mol. The fourth-order valence-corrected chi connectivity index (χ4v) is 2.88. The second kappa shape index (κ2) is 6.24. The van der Waals surface area contributed by atoms with Crippen molar-refractivity contribution in [1.29, 1.82) is 0 Å². The first-order chi connectivity index (χ1) is 8.72. The van der Waals surface area contributed by atoms with E-state index in [9.17, 15) is 0 Å². The highest BCUT2D eigenvalue weighted by atomic mass is 16.5. The molecule has 18 heavy (non-hydrogen) atoms. The zero-order chi connectivity index (χ0) is 13.0. The highest BCUT2D eigenvalue weighted by Crippen LogP contribution is 2.31. The lowest BCUT2D eigenvalue weighted by Crippen LogP contribution is -2.25. The van der Waals surface area contributed by atoms with Crippen LogP contribution in [0.15, 0.2) is 18.2 Å². The van der Waals surface area contributed by atoms with Gasteiger partial charge in [0.1, 0.15) is 5.75 Å². The molecule has 0 heterocycles. The molecule has 1 aliphatic rings. The summed E-state index contributed by atoms with van der Waals surface area (Å²) in [5, 5.41) is 0. The molecule has 0 aromatic heterocycles. The van der Waals surface area contributed by atoms with Crippen LogP contribution < -0.4 is 10.5 Å². The number of hydrogen-bond donors (Lipinski definition) is 1. The van der Waals surface area contributed by atoms with Crippen molar-refractivity contribution in [3.05, 3.63) is 29.3 Å². The summed E-state index contributed by atoms with van der Waals surface area (Å²) in [6, 6.07) is 6.32. The van der Waals surface area contributed by atoms with Gasteiger partial charge in [0.15, 0.2) is 0 Å². The van der Waals surface area contributed by atoms with Gasteiger partial charge < -0.3 is 10.5 Å². The topological polar surface area (TPSA) is 35.2 Å². The van der Waals surface area contributed by atoms with Crippen LogP contribution in [0.4, 0.5) is 0 Å². The summed E-state index contributed by atoms with van der Waals surface area (Å²) in [4.78, 5) is 0. The van der Waals surface area contributed by atoms with Gasteiger partial charge in [-0.15, -0.1) is 0 Å². The second-order valence-corrected chi connectivity index (χ2v) is 5.50. The van der Waals surface area contributed by atoms with Crippen LogP contribution in [-0.4, -0.2) is 6.10 Å². The van der Waals surface area contributed by atoms with Crippen molar-refractivity contribution in [2.75, 3.05) is 0 Å². The van der Waals surface area contributed by atoms with Crippen LogP contribution in [0.5, 0.6) is 5.75 Å². The minimum Gasteiger partial charge on any atom is -0.490 e. The van der Waals surface area contributed by atoms with E-state index in [0.29, 0.717) is 12.6 Å². The van der Waals surface area contributed by atoms with Crippen molar-refractivity contribution in [3.63, 3.8) is 0 Å². The molecule has 0 radical (unpaired) electrons. The molecule has 2 N–H and O–H groups in total. The third-order valence-electron chi connectivity index (χ3n) is 4.04. The molecule has 2 heteroatoms. The number of rotatable bonds is 4. The smallest absolute Gasteiger partial charge is 0.124 e. The summed E-state index contributed by atoms with van der Waals surface area (Å²) >= 11 is 0. The average Bonchev–Trinajstić information content (AvgIpc) is 2.41. The van der Waals surface area contributed by atoms with E-state index in [2.05, 4.69) is 32.0 Å². The summed E-state index contributed by atoms with van der Waals surface area (Å²) in [5.41, 5.74) is 8.18. The van der Waals surface area contributed by atoms with Gasteiger partial charge in [-0.2, -0.15) is 0 Å². The number of benzene rings is 1. The Hall–Kier alpha value is -1.02. The Morgan fingerprint density at radius 3 is 2.89 bits per heavy atom.